The van der Waals surface area contributed by atoms with Gasteiger partial charge in [-0.2, -0.15) is 5.26 Å². The van der Waals surface area contributed by atoms with E-state index in [0.29, 0.717) is 18.5 Å². The minimum Gasteiger partial charge on any atom is -0.343 e. The van der Waals surface area contributed by atoms with Gasteiger partial charge in [-0.25, -0.2) is 0 Å². The Morgan fingerprint density at radius 3 is 2.42 bits per heavy atom. The third kappa shape index (κ3) is 5.11. The molecule has 1 aromatic carbocycles. The number of hydrogen-bond acceptors (Lipinski definition) is 3. The van der Waals surface area contributed by atoms with Crippen molar-refractivity contribution in [3.63, 3.8) is 0 Å². The van der Waals surface area contributed by atoms with Gasteiger partial charge in [0.1, 0.15) is 0 Å². The first kappa shape index (κ1) is 15.2. The minimum atomic E-state index is 0.192. The zero-order chi connectivity index (χ0) is 14.1. The van der Waals surface area contributed by atoms with Gasteiger partial charge in [-0.05, 0) is 31.5 Å². The largest absolute Gasteiger partial charge is 0.343 e. The second-order valence-electron chi connectivity index (χ2n) is 4.30. The number of carbonyl (C=O) groups is 1. The molecule has 0 atom stereocenters. The number of nitrogens with one attached hydrogen (secondary N) is 1. The third-order valence-corrected chi connectivity index (χ3v) is 3.04. The molecule has 1 rings (SSSR count). The van der Waals surface area contributed by atoms with Gasteiger partial charge in [0.05, 0.1) is 11.6 Å². The summed E-state index contributed by atoms with van der Waals surface area (Å²) in [5.74, 6) is 0.192. The highest BCUT2D eigenvalue weighted by Crippen LogP contribution is 2.02. The Morgan fingerprint density at radius 2 is 1.89 bits per heavy atom. The molecule has 0 aromatic heterocycles. The summed E-state index contributed by atoms with van der Waals surface area (Å²) in [6.45, 7) is 6.92. The van der Waals surface area contributed by atoms with Gasteiger partial charge in [0.2, 0.25) is 5.91 Å². The van der Waals surface area contributed by atoms with Crippen LogP contribution in [0.15, 0.2) is 24.3 Å². The first-order chi connectivity index (χ1) is 9.21. The quantitative estimate of drug-likeness (QED) is 0.761. The van der Waals surface area contributed by atoms with Crippen LogP contribution in [0.1, 0.15) is 31.4 Å². The normalized spacial score (nSPS) is 9.95. The van der Waals surface area contributed by atoms with Crippen molar-refractivity contribution in [2.24, 2.45) is 0 Å². The SMILES string of the molecule is CCN(CC)C(=O)CCNCc1ccc(C#N)cc1. The summed E-state index contributed by atoms with van der Waals surface area (Å²) >= 11 is 0. The van der Waals surface area contributed by atoms with Crippen LogP contribution >= 0.6 is 0 Å². The predicted octanol–water partition coefficient (Wildman–Crippen LogP) is 1.91. The van der Waals surface area contributed by atoms with Gasteiger partial charge in [0.25, 0.3) is 0 Å². The number of nitriles is 1. The highest BCUT2D eigenvalue weighted by molar-refractivity contribution is 5.76. The molecule has 0 fully saturated rings. The van der Waals surface area contributed by atoms with E-state index in [1.165, 1.54) is 0 Å². The maximum atomic E-state index is 11.8. The van der Waals surface area contributed by atoms with Crippen LogP contribution in [0.25, 0.3) is 0 Å². The fourth-order valence-electron chi connectivity index (χ4n) is 1.86. The van der Waals surface area contributed by atoms with E-state index in [2.05, 4.69) is 11.4 Å². The smallest absolute Gasteiger partial charge is 0.223 e. The molecule has 4 heteroatoms. The fourth-order valence-corrected chi connectivity index (χ4v) is 1.86. The Balaban J connectivity index is 2.27. The topological polar surface area (TPSA) is 56.1 Å². The molecule has 0 bridgehead atoms. The maximum Gasteiger partial charge on any atom is 0.223 e. The lowest BCUT2D eigenvalue weighted by Crippen LogP contribution is -2.32. The lowest BCUT2D eigenvalue weighted by molar-refractivity contribution is -0.130. The van der Waals surface area contributed by atoms with Gasteiger partial charge in [-0.15, -0.1) is 0 Å². The van der Waals surface area contributed by atoms with Gasteiger partial charge in [0.15, 0.2) is 0 Å². The average Bonchev–Trinajstić information content (AvgIpc) is 2.45. The Hall–Kier alpha value is -1.86. The molecule has 0 aliphatic carbocycles. The van der Waals surface area contributed by atoms with Crippen molar-refractivity contribution in [3.8, 4) is 6.07 Å². The second kappa shape index (κ2) is 8.28. The first-order valence-corrected chi connectivity index (χ1v) is 6.68. The minimum absolute atomic E-state index is 0.192. The van der Waals surface area contributed by atoms with Crippen molar-refractivity contribution in [2.75, 3.05) is 19.6 Å². The predicted molar refractivity (Wildman–Crippen MR) is 75.4 cm³/mol. The van der Waals surface area contributed by atoms with Crippen LogP contribution < -0.4 is 5.32 Å². The van der Waals surface area contributed by atoms with Gasteiger partial charge >= 0.3 is 0 Å². The summed E-state index contributed by atoms with van der Waals surface area (Å²) in [6, 6.07) is 9.56. The Morgan fingerprint density at radius 1 is 1.26 bits per heavy atom. The Kier molecular flexibility index (Phi) is 6.62. The molecule has 0 heterocycles. The van der Waals surface area contributed by atoms with E-state index in [4.69, 9.17) is 5.26 Å². The third-order valence-electron chi connectivity index (χ3n) is 3.04. The molecule has 0 saturated heterocycles. The Labute approximate surface area is 115 Å². The molecule has 0 radical (unpaired) electrons. The molecular formula is C15H21N3O. The van der Waals surface area contributed by atoms with Crippen LogP contribution in [-0.4, -0.2) is 30.4 Å². The molecule has 1 aromatic rings. The number of hydrogen-bond donors (Lipinski definition) is 1. The molecule has 1 N–H and O–H groups in total. The summed E-state index contributed by atoms with van der Waals surface area (Å²) in [5.41, 5.74) is 1.79. The molecule has 0 spiro atoms. The highest BCUT2D eigenvalue weighted by atomic mass is 16.2. The molecule has 102 valence electrons. The molecule has 0 aliphatic heterocycles. The first-order valence-electron chi connectivity index (χ1n) is 6.68. The van der Waals surface area contributed by atoms with Crippen molar-refractivity contribution in [2.45, 2.75) is 26.8 Å². The van der Waals surface area contributed by atoms with Gasteiger partial charge in [-0.1, -0.05) is 12.1 Å². The summed E-state index contributed by atoms with van der Waals surface area (Å²) in [6.07, 6.45) is 0.526. The van der Waals surface area contributed by atoms with Crippen molar-refractivity contribution < 1.29 is 4.79 Å². The van der Waals surface area contributed by atoms with E-state index in [0.717, 1.165) is 25.2 Å². The van der Waals surface area contributed by atoms with Crippen LogP contribution in [0.4, 0.5) is 0 Å². The zero-order valence-corrected chi connectivity index (χ0v) is 11.6. The van der Waals surface area contributed by atoms with E-state index in [-0.39, 0.29) is 5.91 Å². The summed E-state index contributed by atoms with van der Waals surface area (Å²) in [7, 11) is 0. The molecule has 0 aliphatic rings. The van der Waals surface area contributed by atoms with Crippen LogP contribution in [-0.2, 0) is 11.3 Å². The van der Waals surface area contributed by atoms with Crippen molar-refractivity contribution in [1.82, 2.24) is 10.2 Å². The Bertz CT molecular complexity index is 430. The number of nitrogens with zero attached hydrogens (tertiary/aromatic N) is 2. The van der Waals surface area contributed by atoms with E-state index in [1.54, 1.807) is 12.1 Å². The molecule has 4 nitrogen and oxygen atoms in total. The monoisotopic (exact) mass is 259 g/mol. The maximum absolute atomic E-state index is 11.8. The van der Waals surface area contributed by atoms with Crippen LogP contribution in [0.5, 0.6) is 0 Å². The van der Waals surface area contributed by atoms with Crippen molar-refractivity contribution >= 4 is 5.91 Å². The van der Waals surface area contributed by atoms with Crippen LogP contribution in [0, 0.1) is 11.3 Å². The number of carbonyl (C=O) groups excluding carboxylic acids is 1. The van der Waals surface area contributed by atoms with Gasteiger partial charge in [-0.3, -0.25) is 4.79 Å². The lowest BCUT2D eigenvalue weighted by Gasteiger charge is -2.18. The van der Waals surface area contributed by atoms with Crippen molar-refractivity contribution in [1.29, 1.82) is 5.26 Å². The highest BCUT2D eigenvalue weighted by Gasteiger charge is 2.07. The van der Waals surface area contributed by atoms with E-state index < -0.39 is 0 Å². The molecule has 0 unspecified atom stereocenters. The van der Waals surface area contributed by atoms with Crippen molar-refractivity contribution in [3.05, 3.63) is 35.4 Å². The summed E-state index contributed by atoms with van der Waals surface area (Å²) in [5, 5.41) is 11.9. The molecule has 0 saturated carbocycles. The molecular weight excluding hydrogens is 238 g/mol. The molecule has 1 amide bonds. The lowest BCUT2D eigenvalue weighted by atomic mass is 10.1. The molecule has 19 heavy (non-hydrogen) atoms. The average molecular weight is 259 g/mol. The van der Waals surface area contributed by atoms with Gasteiger partial charge < -0.3 is 10.2 Å². The summed E-state index contributed by atoms with van der Waals surface area (Å²) in [4.78, 5) is 13.6. The van der Waals surface area contributed by atoms with Gasteiger partial charge in [0, 0.05) is 32.6 Å². The summed E-state index contributed by atoms with van der Waals surface area (Å²) < 4.78 is 0. The number of benzene rings is 1. The standard InChI is InChI=1S/C15H21N3O/c1-3-18(4-2)15(19)9-10-17-12-14-7-5-13(11-16)6-8-14/h5-8,17H,3-4,9-10,12H2,1-2H3. The number of amides is 1. The fraction of sp³-hybridized carbons (Fsp3) is 0.467. The van der Waals surface area contributed by atoms with E-state index >= 15 is 0 Å². The van der Waals surface area contributed by atoms with Crippen LogP contribution in [0.3, 0.4) is 0 Å². The van der Waals surface area contributed by atoms with E-state index in [1.807, 2.05) is 30.9 Å². The van der Waals surface area contributed by atoms with Crippen LogP contribution in [0.2, 0.25) is 0 Å². The van der Waals surface area contributed by atoms with E-state index in [9.17, 15) is 4.79 Å². The zero-order valence-electron chi connectivity index (χ0n) is 11.6. The second-order valence-corrected chi connectivity index (χ2v) is 4.30. The number of rotatable bonds is 7.